The molecule has 0 amide bonds. The second-order valence-electron chi connectivity index (χ2n) is 4.72. The van der Waals surface area contributed by atoms with Gasteiger partial charge in [-0.25, -0.2) is 14.8 Å². The van der Waals surface area contributed by atoms with Crippen LogP contribution in [0.4, 0.5) is 5.95 Å². The van der Waals surface area contributed by atoms with Gasteiger partial charge in [0.2, 0.25) is 5.95 Å². The predicted octanol–water partition coefficient (Wildman–Crippen LogP) is 2.84. The first-order valence-electron chi connectivity index (χ1n) is 7.02. The fourth-order valence-corrected chi connectivity index (χ4v) is 2.24. The lowest BCUT2D eigenvalue weighted by atomic mass is 10.1. The van der Waals surface area contributed by atoms with E-state index >= 15 is 0 Å². The monoisotopic (exact) mass is 296 g/mol. The number of rotatable bonds is 4. The fraction of sp³-hybridized carbons (Fsp3) is 0.188. The molecule has 0 saturated carbocycles. The summed E-state index contributed by atoms with van der Waals surface area (Å²) in [6.07, 6.45) is 1.70. The van der Waals surface area contributed by atoms with Crippen LogP contribution in [0.25, 0.3) is 22.3 Å². The highest BCUT2D eigenvalue weighted by Gasteiger charge is 2.10. The number of carbonyl (C=O) groups is 1. The number of ether oxygens (including phenoxy) is 1. The van der Waals surface area contributed by atoms with E-state index < -0.39 is 0 Å². The molecule has 0 atom stereocenters. The van der Waals surface area contributed by atoms with E-state index in [0.717, 1.165) is 22.3 Å². The summed E-state index contributed by atoms with van der Waals surface area (Å²) in [5.41, 5.74) is 3.13. The van der Waals surface area contributed by atoms with Crippen LogP contribution in [-0.4, -0.2) is 34.6 Å². The highest BCUT2D eigenvalue weighted by Crippen LogP contribution is 2.24. The zero-order valence-corrected chi connectivity index (χ0v) is 12.4. The van der Waals surface area contributed by atoms with Gasteiger partial charge in [0.05, 0.1) is 23.6 Å². The Balaban J connectivity index is 2.00. The molecule has 0 fully saturated rings. The van der Waals surface area contributed by atoms with Crippen LogP contribution in [0.3, 0.4) is 0 Å². The first-order valence-corrected chi connectivity index (χ1v) is 7.02. The molecule has 0 spiro atoms. The maximum absolute atomic E-state index is 11.8. The van der Waals surface area contributed by atoms with Crippen LogP contribution in [0.15, 0.2) is 36.5 Å². The lowest BCUT2D eigenvalue weighted by Crippen LogP contribution is -2.03. The van der Waals surface area contributed by atoms with Crippen molar-refractivity contribution in [3.63, 3.8) is 0 Å². The molecule has 2 heterocycles. The first-order chi connectivity index (χ1) is 10.7. The van der Waals surface area contributed by atoms with Gasteiger partial charge in [-0.05, 0) is 37.3 Å². The number of aromatic nitrogens is 3. The maximum Gasteiger partial charge on any atom is 0.338 e. The Morgan fingerprint density at radius 1 is 1.32 bits per heavy atom. The van der Waals surface area contributed by atoms with Crippen molar-refractivity contribution in [1.29, 1.82) is 0 Å². The Hall–Kier alpha value is -2.89. The van der Waals surface area contributed by atoms with Crippen molar-refractivity contribution in [2.45, 2.75) is 6.92 Å². The van der Waals surface area contributed by atoms with E-state index in [4.69, 9.17) is 4.74 Å². The van der Waals surface area contributed by atoms with Gasteiger partial charge >= 0.3 is 5.97 Å². The van der Waals surface area contributed by atoms with Crippen LogP contribution in [-0.2, 0) is 4.74 Å². The van der Waals surface area contributed by atoms with Crippen molar-refractivity contribution in [3.8, 4) is 11.4 Å². The van der Waals surface area contributed by atoms with Crippen molar-refractivity contribution in [1.82, 2.24) is 15.0 Å². The third-order valence-corrected chi connectivity index (χ3v) is 3.29. The lowest BCUT2D eigenvalue weighted by Gasteiger charge is -2.01. The van der Waals surface area contributed by atoms with Crippen LogP contribution in [0, 0.1) is 0 Å². The van der Waals surface area contributed by atoms with E-state index in [1.807, 2.05) is 24.3 Å². The predicted molar refractivity (Wildman–Crippen MR) is 84.8 cm³/mol. The molecule has 3 rings (SSSR count). The summed E-state index contributed by atoms with van der Waals surface area (Å²) in [6, 6.07) is 9.22. The molecule has 6 nitrogen and oxygen atoms in total. The van der Waals surface area contributed by atoms with Gasteiger partial charge in [0.15, 0.2) is 0 Å². The highest BCUT2D eigenvalue weighted by molar-refractivity contribution is 5.96. The lowest BCUT2D eigenvalue weighted by molar-refractivity contribution is 0.0526. The molecule has 0 bridgehead atoms. The maximum atomic E-state index is 11.8. The Morgan fingerprint density at radius 2 is 2.18 bits per heavy atom. The number of fused-ring (bicyclic) bond motifs is 1. The van der Waals surface area contributed by atoms with Crippen LogP contribution >= 0.6 is 0 Å². The minimum absolute atomic E-state index is 0.313. The highest BCUT2D eigenvalue weighted by atomic mass is 16.5. The van der Waals surface area contributed by atoms with Crippen molar-refractivity contribution in [2.75, 3.05) is 19.0 Å². The number of esters is 1. The summed E-state index contributed by atoms with van der Waals surface area (Å²) < 4.78 is 5.02. The van der Waals surface area contributed by atoms with E-state index in [-0.39, 0.29) is 5.97 Å². The van der Waals surface area contributed by atoms with Gasteiger partial charge in [0.1, 0.15) is 0 Å². The molecule has 0 aliphatic carbocycles. The summed E-state index contributed by atoms with van der Waals surface area (Å²) in [7, 11) is 1.77. The Labute approximate surface area is 127 Å². The largest absolute Gasteiger partial charge is 0.462 e. The van der Waals surface area contributed by atoms with Gasteiger partial charge in [-0.3, -0.25) is 0 Å². The molecule has 6 heteroatoms. The smallest absolute Gasteiger partial charge is 0.338 e. The van der Waals surface area contributed by atoms with Gasteiger partial charge in [-0.1, -0.05) is 0 Å². The minimum Gasteiger partial charge on any atom is -0.462 e. The molecule has 0 saturated heterocycles. The van der Waals surface area contributed by atoms with E-state index in [2.05, 4.69) is 20.3 Å². The zero-order chi connectivity index (χ0) is 15.5. The molecular formula is C16H16N4O2. The van der Waals surface area contributed by atoms with Crippen molar-refractivity contribution < 1.29 is 9.53 Å². The molecular weight excluding hydrogens is 280 g/mol. The van der Waals surface area contributed by atoms with E-state index in [1.165, 1.54) is 0 Å². The molecule has 0 radical (unpaired) electrons. The summed E-state index contributed by atoms with van der Waals surface area (Å²) in [5, 5.41) is 3.85. The Bertz CT molecular complexity index is 826. The number of hydrogen-bond donors (Lipinski definition) is 2. The van der Waals surface area contributed by atoms with Gasteiger partial charge in [0, 0.05) is 24.1 Å². The second kappa shape index (κ2) is 5.85. The van der Waals surface area contributed by atoms with Crippen LogP contribution in [0.2, 0.25) is 0 Å². The van der Waals surface area contributed by atoms with Crippen molar-refractivity contribution >= 4 is 22.8 Å². The topological polar surface area (TPSA) is 79.9 Å². The molecule has 112 valence electrons. The SMILES string of the molecule is CCOC(=O)c1ccc2[nH]c(-c3ccnc(NC)n3)cc2c1. The first kappa shape index (κ1) is 14.1. The number of carbonyl (C=O) groups excluding carboxylic acids is 1. The molecule has 3 aromatic rings. The molecule has 2 aromatic heterocycles. The summed E-state index contributed by atoms with van der Waals surface area (Å²) in [6.45, 7) is 2.16. The number of nitrogens with one attached hydrogen (secondary N) is 2. The number of anilines is 1. The normalized spacial score (nSPS) is 10.6. The van der Waals surface area contributed by atoms with Gasteiger partial charge in [-0.2, -0.15) is 0 Å². The molecule has 0 aliphatic heterocycles. The summed E-state index contributed by atoms with van der Waals surface area (Å²) >= 11 is 0. The Morgan fingerprint density at radius 3 is 2.95 bits per heavy atom. The number of benzene rings is 1. The van der Waals surface area contributed by atoms with E-state index in [0.29, 0.717) is 18.1 Å². The van der Waals surface area contributed by atoms with E-state index in [9.17, 15) is 4.79 Å². The quantitative estimate of drug-likeness (QED) is 0.724. The van der Waals surface area contributed by atoms with Gasteiger partial charge in [-0.15, -0.1) is 0 Å². The van der Waals surface area contributed by atoms with E-state index in [1.54, 1.807) is 26.2 Å². The van der Waals surface area contributed by atoms with Crippen LogP contribution in [0.5, 0.6) is 0 Å². The number of H-pyrrole nitrogens is 1. The van der Waals surface area contributed by atoms with Crippen LogP contribution in [0.1, 0.15) is 17.3 Å². The average molecular weight is 296 g/mol. The second-order valence-corrected chi connectivity index (χ2v) is 4.72. The molecule has 2 N–H and O–H groups in total. The zero-order valence-electron chi connectivity index (χ0n) is 12.4. The molecule has 22 heavy (non-hydrogen) atoms. The summed E-state index contributed by atoms with van der Waals surface area (Å²) in [5.74, 6) is 0.245. The van der Waals surface area contributed by atoms with Crippen LogP contribution < -0.4 is 5.32 Å². The number of nitrogens with zero attached hydrogens (tertiary/aromatic N) is 2. The number of aromatic amines is 1. The Kier molecular flexibility index (Phi) is 3.74. The number of hydrogen-bond acceptors (Lipinski definition) is 5. The van der Waals surface area contributed by atoms with Gasteiger partial charge < -0.3 is 15.0 Å². The third kappa shape index (κ3) is 2.63. The standard InChI is InChI=1S/C16H16N4O2/c1-3-22-15(21)10-4-5-12-11(8-10)9-14(19-12)13-6-7-18-16(17-2)20-13/h4-9,19H,3H2,1-2H3,(H,17,18,20). The summed E-state index contributed by atoms with van der Waals surface area (Å²) in [4.78, 5) is 23.6. The molecule has 1 aromatic carbocycles. The van der Waals surface area contributed by atoms with Crippen molar-refractivity contribution in [2.24, 2.45) is 0 Å². The van der Waals surface area contributed by atoms with Crippen molar-refractivity contribution in [3.05, 3.63) is 42.1 Å². The third-order valence-electron chi connectivity index (χ3n) is 3.29. The minimum atomic E-state index is -0.313. The average Bonchev–Trinajstić information content (AvgIpc) is 2.98. The molecule has 0 aliphatic rings. The molecule has 0 unspecified atom stereocenters. The van der Waals surface area contributed by atoms with Gasteiger partial charge in [0.25, 0.3) is 0 Å². The fourth-order valence-electron chi connectivity index (χ4n) is 2.24.